The Morgan fingerprint density at radius 2 is 1.95 bits per heavy atom. The van der Waals surface area contributed by atoms with E-state index >= 15 is 0 Å². The summed E-state index contributed by atoms with van der Waals surface area (Å²) < 4.78 is 0. The van der Waals surface area contributed by atoms with Crippen molar-refractivity contribution >= 4 is 5.97 Å². The van der Waals surface area contributed by atoms with Crippen molar-refractivity contribution in [3.63, 3.8) is 0 Å². The molecule has 1 aromatic carbocycles. The second kappa shape index (κ2) is 5.58. The van der Waals surface area contributed by atoms with E-state index in [1.807, 2.05) is 49.3 Å². The highest BCUT2D eigenvalue weighted by Gasteiger charge is 2.15. The lowest BCUT2D eigenvalue weighted by molar-refractivity contribution is 0.0697. The van der Waals surface area contributed by atoms with Crippen LogP contribution in [-0.4, -0.2) is 40.0 Å². The first-order valence-electron chi connectivity index (χ1n) is 5.87. The van der Waals surface area contributed by atoms with E-state index in [0.29, 0.717) is 18.1 Å². The fourth-order valence-electron chi connectivity index (χ4n) is 1.75. The standard InChI is InChI=1S/C14H15N3O2/c1-17(2)9-12-15-8-11(14(18)19)13(16-12)10-6-4-3-5-7-10/h3-8H,9H2,1-2H3,(H,18,19). The summed E-state index contributed by atoms with van der Waals surface area (Å²) in [5.74, 6) is -0.413. The minimum atomic E-state index is -1.02. The third-order valence-electron chi connectivity index (χ3n) is 2.57. The van der Waals surface area contributed by atoms with Gasteiger partial charge < -0.3 is 10.0 Å². The van der Waals surface area contributed by atoms with Crippen LogP contribution in [0.25, 0.3) is 11.3 Å². The van der Waals surface area contributed by atoms with Gasteiger partial charge in [-0.25, -0.2) is 14.8 Å². The molecule has 0 unspecified atom stereocenters. The Morgan fingerprint density at radius 3 is 2.53 bits per heavy atom. The lowest BCUT2D eigenvalue weighted by Crippen LogP contribution is -2.15. The van der Waals surface area contributed by atoms with Gasteiger partial charge in [0.05, 0.1) is 12.2 Å². The molecule has 19 heavy (non-hydrogen) atoms. The first-order chi connectivity index (χ1) is 9.08. The molecule has 0 amide bonds. The van der Waals surface area contributed by atoms with Crippen LogP contribution in [0.15, 0.2) is 36.5 Å². The first-order valence-corrected chi connectivity index (χ1v) is 5.87. The summed E-state index contributed by atoms with van der Waals surface area (Å²) in [5, 5.41) is 9.21. The van der Waals surface area contributed by atoms with Gasteiger partial charge in [0.1, 0.15) is 11.4 Å². The van der Waals surface area contributed by atoms with E-state index in [0.717, 1.165) is 5.56 Å². The van der Waals surface area contributed by atoms with Crippen LogP contribution in [0.3, 0.4) is 0 Å². The van der Waals surface area contributed by atoms with Crippen LogP contribution in [0.2, 0.25) is 0 Å². The molecule has 5 heteroatoms. The molecule has 0 bridgehead atoms. The number of aromatic nitrogens is 2. The maximum Gasteiger partial charge on any atom is 0.339 e. The second-order valence-corrected chi connectivity index (χ2v) is 4.46. The number of carboxylic acids is 1. The maximum atomic E-state index is 11.2. The van der Waals surface area contributed by atoms with Crippen LogP contribution in [-0.2, 0) is 6.54 Å². The highest BCUT2D eigenvalue weighted by Crippen LogP contribution is 2.21. The van der Waals surface area contributed by atoms with Crippen molar-refractivity contribution in [1.82, 2.24) is 14.9 Å². The van der Waals surface area contributed by atoms with E-state index in [2.05, 4.69) is 9.97 Å². The SMILES string of the molecule is CN(C)Cc1ncc(C(=O)O)c(-c2ccccc2)n1. The molecule has 98 valence electrons. The zero-order valence-corrected chi connectivity index (χ0v) is 10.9. The number of carboxylic acid groups (broad SMARTS) is 1. The fraction of sp³-hybridized carbons (Fsp3) is 0.214. The van der Waals surface area contributed by atoms with E-state index in [9.17, 15) is 9.90 Å². The topological polar surface area (TPSA) is 66.3 Å². The minimum absolute atomic E-state index is 0.119. The summed E-state index contributed by atoms with van der Waals surface area (Å²) in [6.07, 6.45) is 1.37. The smallest absolute Gasteiger partial charge is 0.339 e. The molecule has 5 nitrogen and oxygen atoms in total. The average molecular weight is 257 g/mol. The first kappa shape index (κ1) is 13.2. The number of aromatic carboxylic acids is 1. The quantitative estimate of drug-likeness (QED) is 0.906. The molecule has 0 aliphatic heterocycles. The lowest BCUT2D eigenvalue weighted by Gasteiger charge is -2.11. The average Bonchev–Trinajstić information content (AvgIpc) is 2.38. The van der Waals surface area contributed by atoms with Crippen molar-refractivity contribution < 1.29 is 9.90 Å². The summed E-state index contributed by atoms with van der Waals surface area (Å²) in [6.45, 7) is 0.569. The Kier molecular flexibility index (Phi) is 3.87. The van der Waals surface area contributed by atoms with Gasteiger partial charge in [-0.3, -0.25) is 0 Å². The van der Waals surface area contributed by atoms with Gasteiger partial charge in [-0.15, -0.1) is 0 Å². The molecular formula is C14H15N3O2. The summed E-state index contributed by atoms with van der Waals surface area (Å²) in [6, 6.07) is 9.28. The van der Waals surface area contributed by atoms with Gasteiger partial charge in [0.25, 0.3) is 0 Å². The molecule has 0 saturated carbocycles. The molecule has 0 spiro atoms. The van der Waals surface area contributed by atoms with Gasteiger partial charge in [-0.2, -0.15) is 0 Å². The Hall–Kier alpha value is -2.27. The molecule has 0 radical (unpaired) electrons. The van der Waals surface area contributed by atoms with Crippen LogP contribution in [0.1, 0.15) is 16.2 Å². The van der Waals surface area contributed by atoms with Gasteiger partial charge in [0.2, 0.25) is 0 Å². The highest BCUT2D eigenvalue weighted by molar-refractivity contribution is 5.94. The Bertz CT molecular complexity index is 582. The Labute approximate surface area is 111 Å². The third kappa shape index (κ3) is 3.14. The number of hydrogen-bond acceptors (Lipinski definition) is 4. The van der Waals surface area contributed by atoms with E-state index in [1.54, 1.807) is 0 Å². The molecule has 2 aromatic rings. The largest absolute Gasteiger partial charge is 0.478 e. The second-order valence-electron chi connectivity index (χ2n) is 4.46. The molecule has 1 N–H and O–H groups in total. The summed E-state index contributed by atoms with van der Waals surface area (Å²) in [4.78, 5) is 21.6. The summed E-state index contributed by atoms with van der Waals surface area (Å²) in [5.41, 5.74) is 1.36. The predicted octanol–water partition coefficient (Wildman–Crippen LogP) is 1.90. The molecular weight excluding hydrogens is 242 g/mol. The van der Waals surface area contributed by atoms with Crippen LogP contribution in [0.4, 0.5) is 0 Å². The van der Waals surface area contributed by atoms with E-state index in [1.165, 1.54) is 6.20 Å². The van der Waals surface area contributed by atoms with Crippen molar-refractivity contribution in [2.45, 2.75) is 6.54 Å². The monoisotopic (exact) mass is 257 g/mol. The van der Waals surface area contributed by atoms with E-state index in [4.69, 9.17) is 0 Å². The number of rotatable bonds is 4. The number of hydrogen-bond donors (Lipinski definition) is 1. The van der Waals surface area contributed by atoms with Gasteiger partial charge in [0, 0.05) is 11.8 Å². The molecule has 1 heterocycles. The van der Waals surface area contributed by atoms with Gasteiger partial charge in [0.15, 0.2) is 0 Å². The predicted molar refractivity (Wildman–Crippen MR) is 71.8 cm³/mol. The fourth-order valence-corrected chi connectivity index (χ4v) is 1.75. The normalized spacial score (nSPS) is 10.7. The molecule has 0 aliphatic rings. The van der Waals surface area contributed by atoms with Crippen LogP contribution in [0.5, 0.6) is 0 Å². The van der Waals surface area contributed by atoms with Gasteiger partial charge >= 0.3 is 5.97 Å². The number of benzene rings is 1. The Morgan fingerprint density at radius 1 is 1.26 bits per heavy atom. The number of nitrogens with zero attached hydrogens (tertiary/aromatic N) is 3. The van der Waals surface area contributed by atoms with Gasteiger partial charge in [-0.05, 0) is 14.1 Å². The van der Waals surface area contributed by atoms with E-state index in [-0.39, 0.29) is 5.56 Å². The van der Waals surface area contributed by atoms with Crippen molar-refractivity contribution in [2.75, 3.05) is 14.1 Å². The number of carbonyl (C=O) groups is 1. The molecule has 0 atom stereocenters. The van der Waals surface area contributed by atoms with Crippen LogP contribution < -0.4 is 0 Å². The maximum absolute atomic E-state index is 11.2. The van der Waals surface area contributed by atoms with Crippen molar-refractivity contribution in [1.29, 1.82) is 0 Å². The zero-order valence-electron chi connectivity index (χ0n) is 10.9. The minimum Gasteiger partial charge on any atom is -0.478 e. The summed E-state index contributed by atoms with van der Waals surface area (Å²) in [7, 11) is 3.83. The molecule has 0 fully saturated rings. The molecule has 2 rings (SSSR count). The molecule has 0 aliphatic carbocycles. The summed E-state index contributed by atoms with van der Waals surface area (Å²) >= 11 is 0. The molecule has 0 saturated heterocycles. The lowest BCUT2D eigenvalue weighted by atomic mass is 10.1. The zero-order chi connectivity index (χ0) is 13.8. The molecule has 1 aromatic heterocycles. The highest BCUT2D eigenvalue weighted by atomic mass is 16.4. The van der Waals surface area contributed by atoms with Gasteiger partial charge in [-0.1, -0.05) is 30.3 Å². The van der Waals surface area contributed by atoms with Crippen molar-refractivity contribution in [3.8, 4) is 11.3 Å². The van der Waals surface area contributed by atoms with Crippen LogP contribution in [0, 0.1) is 0 Å². The third-order valence-corrected chi connectivity index (χ3v) is 2.57. The van der Waals surface area contributed by atoms with Crippen LogP contribution >= 0.6 is 0 Å². The Balaban J connectivity index is 2.51. The van der Waals surface area contributed by atoms with E-state index < -0.39 is 5.97 Å². The van der Waals surface area contributed by atoms with Crippen molar-refractivity contribution in [2.24, 2.45) is 0 Å². The van der Waals surface area contributed by atoms with Crippen molar-refractivity contribution in [3.05, 3.63) is 47.9 Å².